The number of nitrogens with zero attached hydrogens (tertiary/aromatic N) is 4. The van der Waals surface area contributed by atoms with E-state index in [1.807, 2.05) is 13.0 Å². The van der Waals surface area contributed by atoms with Crippen LogP contribution in [0.2, 0.25) is 5.02 Å². The average Bonchev–Trinajstić information content (AvgIpc) is 2.94. The zero-order valence-corrected chi connectivity index (χ0v) is 13.4. The molecule has 1 atom stereocenters. The van der Waals surface area contributed by atoms with Crippen molar-refractivity contribution in [3.05, 3.63) is 29.0 Å². The van der Waals surface area contributed by atoms with Crippen LogP contribution in [-0.4, -0.2) is 33.9 Å². The molecule has 114 valence electrons. The van der Waals surface area contributed by atoms with Crippen LogP contribution in [0, 0.1) is 5.92 Å². The average molecular weight is 310 g/mol. The molecule has 0 radical (unpaired) electrons. The van der Waals surface area contributed by atoms with Crippen molar-refractivity contribution >= 4 is 11.6 Å². The van der Waals surface area contributed by atoms with Crippen molar-refractivity contribution < 1.29 is 4.74 Å². The van der Waals surface area contributed by atoms with E-state index < -0.39 is 0 Å². The van der Waals surface area contributed by atoms with E-state index in [1.165, 1.54) is 0 Å². The van der Waals surface area contributed by atoms with Crippen molar-refractivity contribution in [2.24, 2.45) is 5.92 Å². The second-order valence-electron chi connectivity index (χ2n) is 5.29. The summed E-state index contributed by atoms with van der Waals surface area (Å²) >= 11 is 6.16. The van der Waals surface area contributed by atoms with Gasteiger partial charge in [-0.1, -0.05) is 25.4 Å². The number of nitrogens with one attached hydrogen (secondary N) is 1. The number of hydrogen-bond donors (Lipinski definition) is 1. The van der Waals surface area contributed by atoms with Gasteiger partial charge < -0.3 is 10.1 Å². The van der Waals surface area contributed by atoms with E-state index >= 15 is 0 Å². The van der Waals surface area contributed by atoms with Gasteiger partial charge >= 0.3 is 0 Å². The van der Waals surface area contributed by atoms with Gasteiger partial charge in [0.15, 0.2) is 5.82 Å². The van der Waals surface area contributed by atoms with E-state index in [0.717, 1.165) is 18.1 Å². The lowest BCUT2D eigenvalue weighted by Crippen LogP contribution is -2.25. The largest absolute Gasteiger partial charge is 0.495 e. The summed E-state index contributed by atoms with van der Waals surface area (Å²) in [6.07, 6.45) is 0. The molecule has 0 saturated carbocycles. The smallest absolute Gasteiger partial charge is 0.173 e. The molecule has 1 heterocycles. The summed E-state index contributed by atoms with van der Waals surface area (Å²) in [5, 5.41) is 15.9. The highest BCUT2D eigenvalue weighted by molar-refractivity contribution is 6.32. The molecule has 2 aromatic rings. The third kappa shape index (κ3) is 3.71. The fourth-order valence-corrected chi connectivity index (χ4v) is 2.19. The van der Waals surface area contributed by atoms with Crippen LogP contribution in [0.1, 0.15) is 32.6 Å². The summed E-state index contributed by atoms with van der Waals surface area (Å²) < 4.78 is 6.84. The number of rotatable bonds is 6. The Balaban J connectivity index is 2.25. The Morgan fingerprint density at radius 1 is 1.33 bits per heavy atom. The molecule has 7 heteroatoms. The summed E-state index contributed by atoms with van der Waals surface area (Å²) in [4.78, 5) is 0. The minimum atomic E-state index is 0.0447. The van der Waals surface area contributed by atoms with Crippen LogP contribution in [-0.2, 0) is 0 Å². The molecule has 0 aliphatic rings. The van der Waals surface area contributed by atoms with E-state index in [4.69, 9.17) is 16.3 Å². The molecule has 0 saturated heterocycles. The molecule has 21 heavy (non-hydrogen) atoms. The standard InChI is InChI=1S/C14H20ClN5O/c1-9(2)8-16-10(3)14-17-18-19-20(14)11-5-6-13(21-4)12(15)7-11/h5-7,9-10,16H,8H2,1-4H3. The van der Waals surface area contributed by atoms with Gasteiger partial charge in [0.1, 0.15) is 5.75 Å². The number of benzene rings is 1. The number of methoxy groups -OCH3 is 1. The van der Waals surface area contributed by atoms with Gasteiger partial charge in [-0.2, -0.15) is 4.68 Å². The van der Waals surface area contributed by atoms with E-state index in [2.05, 4.69) is 34.7 Å². The van der Waals surface area contributed by atoms with Crippen LogP contribution >= 0.6 is 11.6 Å². The van der Waals surface area contributed by atoms with E-state index in [0.29, 0.717) is 16.7 Å². The highest BCUT2D eigenvalue weighted by Crippen LogP contribution is 2.27. The predicted molar refractivity (Wildman–Crippen MR) is 82.0 cm³/mol. The Bertz CT molecular complexity index is 599. The van der Waals surface area contributed by atoms with Crippen LogP contribution in [0.5, 0.6) is 5.75 Å². The van der Waals surface area contributed by atoms with Crippen LogP contribution in [0.3, 0.4) is 0 Å². The zero-order chi connectivity index (χ0) is 15.4. The lowest BCUT2D eigenvalue weighted by atomic mass is 10.2. The van der Waals surface area contributed by atoms with Crippen LogP contribution < -0.4 is 10.1 Å². The lowest BCUT2D eigenvalue weighted by molar-refractivity contribution is 0.415. The first-order valence-corrected chi connectivity index (χ1v) is 7.26. The van der Waals surface area contributed by atoms with Gasteiger partial charge in [0, 0.05) is 0 Å². The molecule has 6 nitrogen and oxygen atoms in total. The maximum atomic E-state index is 6.16. The van der Waals surface area contributed by atoms with Gasteiger partial charge in [-0.15, -0.1) is 5.10 Å². The SMILES string of the molecule is COc1ccc(-n2nnnc2C(C)NCC(C)C)cc1Cl. The van der Waals surface area contributed by atoms with Crippen molar-refractivity contribution in [1.82, 2.24) is 25.5 Å². The Kier molecular flexibility index (Phi) is 5.14. The number of hydrogen-bond acceptors (Lipinski definition) is 5. The third-order valence-corrected chi connectivity index (χ3v) is 3.39. The number of tetrazole rings is 1. The summed E-state index contributed by atoms with van der Waals surface area (Å²) in [6.45, 7) is 7.25. The Labute approximate surface area is 129 Å². The van der Waals surface area contributed by atoms with Gasteiger partial charge in [-0.25, -0.2) is 0 Å². The van der Waals surface area contributed by atoms with E-state index in [1.54, 1.807) is 23.9 Å². The van der Waals surface area contributed by atoms with E-state index in [9.17, 15) is 0 Å². The van der Waals surface area contributed by atoms with Gasteiger partial charge in [0.05, 0.1) is 23.9 Å². The van der Waals surface area contributed by atoms with Crippen molar-refractivity contribution in [2.45, 2.75) is 26.8 Å². The number of halogens is 1. The van der Waals surface area contributed by atoms with Crippen molar-refractivity contribution in [2.75, 3.05) is 13.7 Å². The lowest BCUT2D eigenvalue weighted by Gasteiger charge is -2.15. The molecule has 0 aliphatic heterocycles. The normalized spacial score (nSPS) is 12.7. The highest BCUT2D eigenvalue weighted by Gasteiger charge is 2.16. The maximum Gasteiger partial charge on any atom is 0.173 e. The zero-order valence-electron chi connectivity index (χ0n) is 12.7. The van der Waals surface area contributed by atoms with Gasteiger partial charge in [0.2, 0.25) is 0 Å². The summed E-state index contributed by atoms with van der Waals surface area (Å²) in [5.41, 5.74) is 0.805. The Morgan fingerprint density at radius 2 is 2.10 bits per heavy atom. The monoisotopic (exact) mass is 309 g/mol. The quantitative estimate of drug-likeness (QED) is 0.888. The second-order valence-corrected chi connectivity index (χ2v) is 5.70. The van der Waals surface area contributed by atoms with Gasteiger partial charge in [-0.3, -0.25) is 0 Å². The fourth-order valence-electron chi connectivity index (χ4n) is 1.94. The Hall–Kier alpha value is -1.66. The molecule has 0 aliphatic carbocycles. The van der Waals surface area contributed by atoms with Gasteiger partial charge in [0.25, 0.3) is 0 Å². The topological polar surface area (TPSA) is 64.9 Å². The van der Waals surface area contributed by atoms with Crippen molar-refractivity contribution in [1.29, 1.82) is 0 Å². The highest BCUT2D eigenvalue weighted by atomic mass is 35.5. The van der Waals surface area contributed by atoms with Crippen LogP contribution in [0.15, 0.2) is 18.2 Å². The minimum Gasteiger partial charge on any atom is -0.495 e. The summed E-state index contributed by atoms with van der Waals surface area (Å²) in [7, 11) is 1.58. The molecule has 1 aromatic carbocycles. The minimum absolute atomic E-state index is 0.0447. The molecular weight excluding hydrogens is 290 g/mol. The van der Waals surface area contributed by atoms with Crippen LogP contribution in [0.25, 0.3) is 5.69 Å². The molecule has 1 unspecified atom stereocenters. The molecule has 0 bridgehead atoms. The fraction of sp³-hybridized carbons (Fsp3) is 0.500. The van der Waals surface area contributed by atoms with Gasteiger partial charge in [-0.05, 0) is 48.0 Å². The summed E-state index contributed by atoms with van der Waals surface area (Å²) in [5.74, 6) is 1.94. The molecular formula is C14H20ClN5O. The second kappa shape index (κ2) is 6.87. The molecule has 0 fully saturated rings. The summed E-state index contributed by atoms with van der Waals surface area (Å²) in [6, 6.07) is 5.51. The molecule has 1 aromatic heterocycles. The first-order chi connectivity index (χ1) is 10.0. The van der Waals surface area contributed by atoms with Crippen LogP contribution in [0.4, 0.5) is 0 Å². The predicted octanol–water partition coefficient (Wildman–Crippen LogP) is 2.63. The number of ether oxygens (including phenoxy) is 1. The maximum absolute atomic E-state index is 6.16. The first kappa shape index (κ1) is 15.7. The Morgan fingerprint density at radius 3 is 2.71 bits per heavy atom. The molecule has 0 spiro atoms. The van der Waals surface area contributed by atoms with Crippen molar-refractivity contribution in [3.63, 3.8) is 0 Å². The molecule has 2 rings (SSSR count). The third-order valence-electron chi connectivity index (χ3n) is 3.09. The van der Waals surface area contributed by atoms with E-state index in [-0.39, 0.29) is 6.04 Å². The first-order valence-electron chi connectivity index (χ1n) is 6.88. The van der Waals surface area contributed by atoms with Crippen molar-refractivity contribution in [3.8, 4) is 11.4 Å². The molecule has 1 N–H and O–H groups in total. The number of aromatic nitrogens is 4. The molecule has 0 amide bonds.